The molecule has 0 spiro atoms. The zero-order valence-corrected chi connectivity index (χ0v) is 16.9. The molecule has 0 bridgehead atoms. The second kappa shape index (κ2) is 7.93. The molecule has 1 amide bonds. The number of anilines is 1. The molecule has 146 valence electrons. The Morgan fingerprint density at radius 1 is 1.14 bits per heavy atom. The van der Waals surface area contributed by atoms with Gasteiger partial charge in [0.05, 0.1) is 12.2 Å². The number of amides is 1. The maximum Gasteiger partial charge on any atom is 0.276 e. The fourth-order valence-corrected chi connectivity index (χ4v) is 3.32. The number of para-hydroxylation sites is 1. The number of hydrogen-bond donors (Lipinski definition) is 1. The highest BCUT2D eigenvalue weighted by molar-refractivity contribution is 6.30. The van der Waals surface area contributed by atoms with Gasteiger partial charge in [-0.05, 0) is 42.3 Å². The van der Waals surface area contributed by atoms with Crippen LogP contribution in [-0.2, 0) is 13.6 Å². The third-order valence-corrected chi connectivity index (χ3v) is 5.03. The Kier molecular flexibility index (Phi) is 5.18. The lowest BCUT2D eigenvalue weighted by Gasteiger charge is -2.11. The first kappa shape index (κ1) is 19.0. The first-order chi connectivity index (χ1) is 14.0. The monoisotopic (exact) mass is 405 g/mol. The highest BCUT2D eigenvalue weighted by Gasteiger charge is 2.16. The van der Waals surface area contributed by atoms with Gasteiger partial charge in [-0.3, -0.25) is 9.48 Å². The molecule has 0 atom stereocenters. The first-order valence-electron chi connectivity index (χ1n) is 9.18. The van der Waals surface area contributed by atoms with Crippen molar-refractivity contribution in [3.63, 3.8) is 0 Å². The van der Waals surface area contributed by atoms with Crippen LogP contribution in [0.1, 0.15) is 21.9 Å². The number of carbonyl (C=O) groups excluding carboxylic acids is 1. The smallest absolute Gasteiger partial charge is 0.276 e. The predicted molar refractivity (Wildman–Crippen MR) is 114 cm³/mol. The number of carbonyl (C=O) groups is 1. The van der Waals surface area contributed by atoms with E-state index < -0.39 is 0 Å². The summed E-state index contributed by atoms with van der Waals surface area (Å²) in [5.41, 5.74) is 3.89. The van der Waals surface area contributed by atoms with Crippen LogP contribution in [0.3, 0.4) is 0 Å². The summed E-state index contributed by atoms with van der Waals surface area (Å²) >= 11 is 5.97. The van der Waals surface area contributed by atoms with Crippen molar-refractivity contribution in [2.24, 2.45) is 7.05 Å². The molecule has 7 heteroatoms. The van der Waals surface area contributed by atoms with E-state index >= 15 is 0 Å². The summed E-state index contributed by atoms with van der Waals surface area (Å²) < 4.78 is 3.73. The van der Waals surface area contributed by atoms with E-state index in [1.165, 1.54) is 0 Å². The quantitative estimate of drug-likeness (QED) is 0.530. The average Bonchev–Trinajstić information content (AvgIpc) is 3.30. The van der Waals surface area contributed by atoms with Gasteiger partial charge in [0.15, 0.2) is 5.69 Å². The minimum atomic E-state index is -0.254. The fraction of sp³-hybridized carbons (Fsp3) is 0.136. The topological polar surface area (TPSA) is 64.7 Å². The number of halogens is 1. The van der Waals surface area contributed by atoms with E-state index in [2.05, 4.69) is 15.4 Å². The summed E-state index contributed by atoms with van der Waals surface area (Å²) in [7, 11) is 1.82. The van der Waals surface area contributed by atoms with Crippen LogP contribution in [0.5, 0.6) is 0 Å². The number of benzene rings is 2. The van der Waals surface area contributed by atoms with Crippen LogP contribution in [0.4, 0.5) is 5.69 Å². The molecule has 6 nitrogen and oxygen atoms in total. The van der Waals surface area contributed by atoms with Crippen LogP contribution in [0.15, 0.2) is 67.0 Å². The number of aryl methyl sites for hydroxylation is 2. The largest absolute Gasteiger partial charge is 0.331 e. The number of aromatic nitrogens is 4. The number of nitrogens with zero attached hydrogens (tertiary/aromatic N) is 4. The lowest BCUT2D eigenvalue weighted by molar-refractivity contribution is 0.102. The standard InChI is InChI=1S/C22H20ClN5O/c1-15-24-11-12-28(15)14-17-5-3-4-6-19(17)25-22(29)20-13-21(27(2)26-20)16-7-9-18(23)10-8-16/h3-13H,14H2,1-2H3,(H,25,29). The highest BCUT2D eigenvalue weighted by atomic mass is 35.5. The van der Waals surface area contributed by atoms with Crippen LogP contribution < -0.4 is 5.32 Å². The second-order valence-electron chi connectivity index (χ2n) is 6.76. The normalized spacial score (nSPS) is 10.9. The molecule has 0 saturated heterocycles. The summed E-state index contributed by atoms with van der Waals surface area (Å²) in [5.74, 6) is 0.666. The van der Waals surface area contributed by atoms with E-state index in [4.69, 9.17) is 11.6 Å². The molecule has 0 aliphatic heterocycles. The summed E-state index contributed by atoms with van der Waals surface area (Å²) in [6.45, 7) is 2.58. The lowest BCUT2D eigenvalue weighted by atomic mass is 10.1. The molecule has 0 unspecified atom stereocenters. The third-order valence-electron chi connectivity index (χ3n) is 4.78. The van der Waals surface area contributed by atoms with Gasteiger partial charge in [-0.2, -0.15) is 5.10 Å². The van der Waals surface area contributed by atoms with E-state index in [1.54, 1.807) is 16.9 Å². The van der Waals surface area contributed by atoms with Crippen LogP contribution >= 0.6 is 11.6 Å². The van der Waals surface area contributed by atoms with Crippen molar-refractivity contribution in [1.29, 1.82) is 0 Å². The molecule has 0 saturated carbocycles. The Labute approximate surface area is 173 Å². The number of hydrogen-bond acceptors (Lipinski definition) is 3. The number of imidazole rings is 1. The molecule has 0 radical (unpaired) electrons. The zero-order valence-electron chi connectivity index (χ0n) is 16.1. The molecular formula is C22H20ClN5O. The summed E-state index contributed by atoms with van der Waals surface area (Å²) in [6.07, 6.45) is 3.69. The minimum Gasteiger partial charge on any atom is -0.331 e. The number of rotatable bonds is 5. The Bertz CT molecular complexity index is 1160. The SMILES string of the molecule is Cc1nccn1Cc1ccccc1NC(=O)c1cc(-c2ccc(Cl)cc2)n(C)n1. The van der Waals surface area contributed by atoms with Crippen molar-refractivity contribution in [3.05, 3.63) is 89.1 Å². The highest BCUT2D eigenvalue weighted by Crippen LogP contribution is 2.23. The maximum atomic E-state index is 12.9. The van der Waals surface area contributed by atoms with E-state index in [1.807, 2.05) is 73.3 Å². The van der Waals surface area contributed by atoms with Crippen molar-refractivity contribution in [2.75, 3.05) is 5.32 Å². The van der Waals surface area contributed by atoms with Crippen LogP contribution in [0.2, 0.25) is 5.02 Å². The van der Waals surface area contributed by atoms with Gasteiger partial charge in [0.1, 0.15) is 5.82 Å². The Balaban J connectivity index is 1.57. The van der Waals surface area contributed by atoms with E-state index in [9.17, 15) is 4.79 Å². The second-order valence-corrected chi connectivity index (χ2v) is 7.20. The van der Waals surface area contributed by atoms with Crippen LogP contribution in [0.25, 0.3) is 11.3 Å². The predicted octanol–water partition coefficient (Wildman–Crippen LogP) is 4.55. The summed E-state index contributed by atoms with van der Waals surface area (Å²) in [6, 6.07) is 17.0. The van der Waals surface area contributed by atoms with Gasteiger partial charge in [0.25, 0.3) is 5.91 Å². The van der Waals surface area contributed by atoms with E-state index in [-0.39, 0.29) is 5.91 Å². The lowest BCUT2D eigenvalue weighted by Crippen LogP contribution is -2.15. The van der Waals surface area contributed by atoms with Gasteiger partial charge in [-0.1, -0.05) is 41.9 Å². The molecule has 4 rings (SSSR count). The average molecular weight is 406 g/mol. The van der Waals surface area contributed by atoms with Crippen LogP contribution in [-0.4, -0.2) is 25.2 Å². The third kappa shape index (κ3) is 4.07. The Morgan fingerprint density at radius 3 is 2.62 bits per heavy atom. The van der Waals surface area contributed by atoms with Crippen LogP contribution in [0, 0.1) is 6.92 Å². The summed E-state index contributed by atoms with van der Waals surface area (Å²) in [5, 5.41) is 8.04. The van der Waals surface area contributed by atoms with Crippen molar-refractivity contribution in [3.8, 4) is 11.3 Å². The molecule has 2 aromatic carbocycles. The van der Waals surface area contributed by atoms with Gasteiger partial charge >= 0.3 is 0 Å². The van der Waals surface area contributed by atoms with Crippen molar-refractivity contribution >= 4 is 23.2 Å². The molecule has 1 N–H and O–H groups in total. The van der Waals surface area contributed by atoms with Gasteiger partial charge in [0.2, 0.25) is 0 Å². The van der Waals surface area contributed by atoms with E-state index in [0.717, 1.165) is 28.3 Å². The fourth-order valence-electron chi connectivity index (χ4n) is 3.19. The molecule has 2 aromatic heterocycles. The zero-order chi connectivity index (χ0) is 20.4. The number of nitrogens with one attached hydrogen (secondary N) is 1. The molecular weight excluding hydrogens is 386 g/mol. The molecule has 29 heavy (non-hydrogen) atoms. The maximum absolute atomic E-state index is 12.9. The van der Waals surface area contributed by atoms with Crippen molar-refractivity contribution in [2.45, 2.75) is 13.5 Å². The summed E-state index contributed by atoms with van der Waals surface area (Å²) in [4.78, 5) is 17.1. The first-order valence-corrected chi connectivity index (χ1v) is 9.56. The van der Waals surface area contributed by atoms with Crippen molar-refractivity contribution < 1.29 is 4.79 Å². The molecule has 4 aromatic rings. The molecule has 0 aliphatic carbocycles. The van der Waals surface area contributed by atoms with Gasteiger partial charge in [0, 0.05) is 30.2 Å². The van der Waals surface area contributed by atoms with Gasteiger partial charge in [-0.15, -0.1) is 0 Å². The molecule has 0 fully saturated rings. The van der Waals surface area contributed by atoms with Gasteiger partial charge < -0.3 is 9.88 Å². The Hall–Kier alpha value is -3.38. The van der Waals surface area contributed by atoms with E-state index in [0.29, 0.717) is 17.3 Å². The minimum absolute atomic E-state index is 0.254. The van der Waals surface area contributed by atoms with Gasteiger partial charge in [-0.25, -0.2) is 4.98 Å². The Morgan fingerprint density at radius 2 is 1.90 bits per heavy atom. The molecule has 0 aliphatic rings. The molecule has 2 heterocycles. The van der Waals surface area contributed by atoms with Crippen molar-refractivity contribution in [1.82, 2.24) is 19.3 Å².